The highest BCUT2D eigenvalue weighted by atomic mass is 16.3. The Morgan fingerprint density at radius 2 is 1.81 bits per heavy atom. The Hall–Kier alpha value is -0.120. The third-order valence-electron chi connectivity index (χ3n) is 5.28. The fraction of sp³-hybridized carbons (Fsp3) is 1.00. The summed E-state index contributed by atoms with van der Waals surface area (Å²) < 4.78 is 0. The first-order chi connectivity index (χ1) is 10.0. The van der Waals surface area contributed by atoms with Crippen LogP contribution in [0.3, 0.4) is 0 Å². The van der Waals surface area contributed by atoms with Crippen LogP contribution in [0.1, 0.15) is 59.3 Å². The molecule has 21 heavy (non-hydrogen) atoms. The third-order valence-corrected chi connectivity index (χ3v) is 5.28. The maximum atomic E-state index is 10.0. The van der Waals surface area contributed by atoms with Crippen molar-refractivity contribution in [3.05, 3.63) is 0 Å². The van der Waals surface area contributed by atoms with Gasteiger partial charge < -0.3 is 15.3 Å². The van der Waals surface area contributed by atoms with Crippen molar-refractivity contribution < 1.29 is 5.11 Å². The predicted octanol–water partition coefficient (Wildman–Crippen LogP) is 2.88. The first-order valence-electron chi connectivity index (χ1n) is 9.18. The molecule has 1 saturated heterocycles. The molecule has 3 heteroatoms. The SMILES string of the molecule is CC(C)CN1CC(NCC2CCCCC2)CC(C(C)O)C1. The molecule has 0 spiro atoms. The average Bonchev–Trinajstić information content (AvgIpc) is 2.45. The maximum Gasteiger partial charge on any atom is 0.0553 e. The van der Waals surface area contributed by atoms with Gasteiger partial charge in [0.05, 0.1) is 6.10 Å². The maximum absolute atomic E-state index is 10.0. The molecule has 2 rings (SSSR count). The molecule has 0 amide bonds. The van der Waals surface area contributed by atoms with Gasteiger partial charge in [0.2, 0.25) is 0 Å². The number of aliphatic hydroxyl groups excluding tert-OH is 1. The van der Waals surface area contributed by atoms with Crippen molar-refractivity contribution in [1.29, 1.82) is 0 Å². The van der Waals surface area contributed by atoms with Crippen LogP contribution in [0.2, 0.25) is 0 Å². The molecule has 0 radical (unpaired) electrons. The van der Waals surface area contributed by atoms with Gasteiger partial charge >= 0.3 is 0 Å². The highest BCUT2D eigenvalue weighted by Gasteiger charge is 2.30. The minimum absolute atomic E-state index is 0.182. The zero-order valence-corrected chi connectivity index (χ0v) is 14.4. The normalized spacial score (nSPS) is 30.7. The summed E-state index contributed by atoms with van der Waals surface area (Å²) in [7, 11) is 0. The van der Waals surface area contributed by atoms with Crippen LogP contribution in [0.15, 0.2) is 0 Å². The number of aliphatic hydroxyl groups is 1. The van der Waals surface area contributed by atoms with E-state index in [1.165, 1.54) is 38.6 Å². The molecule has 1 saturated carbocycles. The van der Waals surface area contributed by atoms with Gasteiger partial charge in [0.25, 0.3) is 0 Å². The van der Waals surface area contributed by atoms with E-state index in [-0.39, 0.29) is 6.10 Å². The van der Waals surface area contributed by atoms with Crippen LogP contribution in [-0.2, 0) is 0 Å². The highest BCUT2D eigenvalue weighted by Crippen LogP contribution is 2.25. The summed E-state index contributed by atoms with van der Waals surface area (Å²) in [6.45, 7) is 11.1. The Morgan fingerprint density at radius 3 is 2.43 bits per heavy atom. The molecule has 2 fully saturated rings. The molecule has 2 aliphatic rings. The highest BCUT2D eigenvalue weighted by molar-refractivity contribution is 4.86. The van der Waals surface area contributed by atoms with E-state index in [1.807, 2.05) is 6.92 Å². The lowest BCUT2D eigenvalue weighted by Gasteiger charge is -2.40. The molecule has 3 unspecified atom stereocenters. The van der Waals surface area contributed by atoms with E-state index in [0.717, 1.165) is 32.0 Å². The van der Waals surface area contributed by atoms with Crippen molar-refractivity contribution in [3.63, 3.8) is 0 Å². The zero-order chi connectivity index (χ0) is 15.2. The molecule has 3 atom stereocenters. The van der Waals surface area contributed by atoms with E-state index in [2.05, 4.69) is 24.1 Å². The molecule has 1 heterocycles. The number of piperidine rings is 1. The van der Waals surface area contributed by atoms with Crippen molar-refractivity contribution in [1.82, 2.24) is 10.2 Å². The third kappa shape index (κ3) is 5.88. The fourth-order valence-electron chi connectivity index (χ4n) is 4.12. The van der Waals surface area contributed by atoms with Crippen molar-refractivity contribution in [2.75, 3.05) is 26.2 Å². The Labute approximate surface area is 131 Å². The fourth-order valence-corrected chi connectivity index (χ4v) is 4.12. The summed E-state index contributed by atoms with van der Waals surface area (Å²) in [5, 5.41) is 13.8. The minimum atomic E-state index is -0.182. The smallest absolute Gasteiger partial charge is 0.0553 e. The van der Waals surface area contributed by atoms with Crippen molar-refractivity contribution in [2.45, 2.75) is 71.4 Å². The van der Waals surface area contributed by atoms with E-state index in [1.54, 1.807) is 0 Å². The van der Waals surface area contributed by atoms with Gasteiger partial charge in [-0.25, -0.2) is 0 Å². The summed E-state index contributed by atoms with van der Waals surface area (Å²) in [6.07, 6.45) is 8.06. The van der Waals surface area contributed by atoms with Gasteiger partial charge in [-0.3, -0.25) is 0 Å². The molecule has 0 bridgehead atoms. The molecule has 0 aromatic heterocycles. The largest absolute Gasteiger partial charge is 0.393 e. The van der Waals surface area contributed by atoms with E-state index < -0.39 is 0 Å². The van der Waals surface area contributed by atoms with E-state index in [9.17, 15) is 5.11 Å². The molecule has 0 aromatic rings. The first-order valence-corrected chi connectivity index (χ1v) is 9.18. The molecule has 2 N–H and O–H groups in total. The van der Waals surface area contributed by atoms with Gasteiger partial charge in [-0.2, -0.15) is 0 Å². The second kappa shape index (κ2) is 8.50. The summed E-state index contributed by atoms with van der Waals surface area (Å²) in [6, 6.07) is 0.569. The predicted molar refractivity (Wildman–Crippen MR) is 89.4 cm³/mol. The average molecular weight is 296 g/mol. The standard InChI is InChI=1S/C18H36N2O/c1-14(2)11-20-12-17(15(3)21)9-18(13-20)19-10-16-7-5-4-6-8-16/h14-19,21H,4-13H2,1-3H3. The van der Waals surface area contributed by atoms with Crippen molar-refractivity contribution >= 4 is 0 Å². The van der Waals surface area contributed by atoms with Crippen LogP contribution in [-0.4, -0.2) is 48.3 Å². The summed E-state index contributed by atoms with van der Waals surface area (Å²) in [5.41, 5.74) is 0. The zero-order valence-electron chi connectivity index (χ0n) is 14.4. The number of rotatable bonds is 6. The van der Waals surface area contributed by atoms with Gasteiger partial charge in [-0.05, 0) is 50.5 Å². The van der Waals surface area contributed by atoms with E-state index in [4.69, 9.17) is 0 Å². The Bertz CT molecular complexity index is 287. The number of hydrogen-bond acceptors (Lipinski definition) is 3. The van der Waals surface area contributed by atoms with Gasteiger partial charge in [0, 0.05) is 25.7 Å². The van der Waals surface area contributed by atoms with Crippen LogP contribution in [0.4, 0.5) is 0 Å². The quantitative estimate of drug-likeness (QED) is 0.791. The molecule has 1 aliphatic carbocycles. The summed E-state index contributed by atoms with van der Waals surface area (Å²) in [5.74, 6) is 2.03. The molecule has 0 aromatic carbocycles. The number of likely N-dealkylation sites (tertiary alicyclic amines) is 1. The summed E-state index contributed by atoms with van der Waals surface area (Å²) >= 11 is 0. The van der Waals surface area contributed by atoms with Gasteiger partial charge in [0.15, 0.2) is 0 Å². The topological polar surface area (TPSA) is 35.5 Å². The number of nitrogens with one attached hydrogen (secondary N) is 1. The van der Waals surface area contributed by atoms with Crippen LogP contribution in [0, 0.1) is 17.8 Å². The van der Waals surface area contributed by atoms with Gasteiger partial charge in [0.1, 0.15) is 0 Å². The lowest BCUT2D eigenvalue weighted by Crippen LogP contribution is -2.52. The van der Waals surface area contributed by atoms with Crippen molar-refractivity contribution in [2.24, 2.45) is 17.8 Å². The van der Waals surface area contributed by atoms with E-state index in [0.29, 0.717) is 17.9 Å². The molecule has 3 nitrogen and oxygen atoms in total. The van der Waals surface area contributed by atoms with Gasteiger partial charge in [-0.15, -0.1) is 0 Å². The Morgan fingerprint density at radius 1 is 1.10 bits per heavy atom. The monoisotopic (exact) mass is 296 g/mol. The lowest BCUT2D eigenvalue weighted by molar-refractivity contribution is 0.0425. The van der Waals surface area contributed by atoms with Gasteiger partial charge in [-0.1, -0.05) is 33.1 Å². The second-order valence-electron chi connectivity index (χ2n) is 7.96. The summed E-state index contributed by atoms with van der Waals surface area (Å²) in [4.78, 5) is 2.56. The van der Waals surface area contributed by atoms with Crippen LogP contribution in [0.5, 0.6) is 0 Å². The Balaban J connectivity index is 1.81. The van der Waals surface area contributed by atoms with Crippen molar-refractivity contribution in [3.8, 4) is 0 Å². The number of nitrogens with zero attached hydrogens (tertiary/aromatic N) is 1. The van der Waals surface area contributed by atoms with Crippen LogP contribution >= 0.6 is 0 Å². The molecule has 124 valence electrons. The number of hydrogen-bond donors (Lipinski definition) is 2. The first kappa shape index (κ1) is 17.2. The molecular formula is C18H36N2O. The second-order valence-corrected chi connectivity index (χ2v) is 7.96. The molecule has 1 aliphatic heterocycles. The Kier molecular flexibility index (Phi) is 6.97. The minimum Gasteiger partial charge on any atom is -0.393 e. The van der Waals surface area contributed by atoms with E-state index >= 15 is 0 Å². The van der Waals surface area contributed by atoms with Crippen LogP contribution in [0.25, 0.3) is 0 Å². The lowest BCUT2D eigenvalue weighted by atomic mass is 9.87. The molecular weight excluding hydrogens is 260 g/mol. The van der Waals surface area contributed by atoms with Crippen LogP contribution < -0.4 is 5.32 Å².